The fourth-order valence-electron chi connectivity index (χ4n) is 3.48. The number of aromatic nitrogens is 2. The highest BCUT2D eigenvalue weighted by Crippen LogP contribution is 2.32. The number of ether oxygens (including phenoxy) is 2. The number of carboxylic acids is 1. The summed E-state index contributed by atoms with van der Waals surface area (Å²) in [6.45, 7) is 1.75. The Morgan fingerprint density at radius 2 is 1.71 bits per heavy atom. The number of phenolic OH excluding ortho intramolecular Hbond substituents is 1. The zero-order chi connectivity index (χ0) is 24.9. The molecule has 0 fully saturated rings. The number of aromatic hydroxyl groups is 1. The zero-order valence-corrected chi connectivity index (χ0v) is 19.1. The quantitative estimate of drug-likeness (QED) is 0.357. The van der Waals surface area contributed by atoms with E-state index in [1.54, 1.807) is 61.8 Å². The van der Waals surface area contributed by atoms with Crippen LogP contribution >= 0.6 is 0 Å². The summed E-state index contributed by atoms with van der Waals surface area (Å²) in [6.07, 6.45) is 3.08. The van der Waals surface area contributed by atoms with Gasteiger partial charge in [0.2, 0.25) is 0 Å². The van der Waals surface area contributed by atoms with E-state index in [9.17, 15) is 14.7 Å². The van der Waals surface area contributed by atoms with Crippen LogP contribution in [-0.4, -0.2) is 39.0 Å². The van der Waals surface area contributed by atoms with Gasteiger partial charge in [0.05, 0.1) is 42.0 Å². The number of benzene rings is 3. The Hall–Kier alpha value is -4.72. The van der Waals surface area contributed by atoms with Gasteiger partial charge in [0.15, 0.2) is 5.78 Å². The second-order valence-corrected chi connectivity index (χ2v) is 7.71. The Bertz CT molecular complexity index is 1400. The van der Waals surface area contributed by atoms with Crippen LogP contribution in [0.25, 0.3) is 11.3 Å². The van der Waals surface area contributed by atoms with Crippen molar-refractivity contribution in [1.82, 2.24) is 9.97 Å². The molecule has 0 bridgehead atoms. The summed E-state index contributed by atoms with van der Waals surface area (Å²) in [6, 6.07) is 16.3. The van der Waals surface area contributed by atoms with Crippen LogP contribution in [0.2, 0.25) is 0 Å². The minimum Gasteiger partial charge on any atom is -0.507 e. The second kappa shape index (κ2) is 10.0. The van der Waals surface area contributed by atoms with Gasteiger partial charge in [-0.2, -0.15) is 0 Å². The van der Waals surface area contributed by atoms with E-state index >= 15 is 0 Å². The summed E-state index contributed by atoms with van der Waals surface area (Å²) in [7, 11) is 1.52. The first-order chi connectivity index (χ1) is 16.9. The molecule has 0 aliphatic carbocycles. The van der Waals surface area contributed by atoms with E-state index in [1.807, 2.05) is 0 Å². The van der Waals surface area contributed by atoms with Crippen LogP contribution in [-0.2, 0) is 6.61 Å². The van der Waals surface area contributed by atoms with Crippen LogP contribution in [0, 0.1) is 6.92 Å². The lowest BCUT2D eigenvalue weighted by Gasteiger charge is -2.13. The Morgan fingerprint density at radius 1 is 0.943 bits per heavy atom. The van der Waals surface area contributed by atoms with Crippen LogP contribution in [0.1, 0.15) is 37.5 Å². The highest BCUT2D eigenvalue weighted by atomic mass is 16.5. The van der Waals surface area contributed by atoms with Gasteiger partial charge < -0.3 is 19.7 Å². The summed E-state index contributed by atoms with van der Waals surface area (Å²) >= 11 is 0. The third-order valence-electron chi connectivity index (χ3n) is 5.44. The van der Waals surface area contributed by atoms with Crippen molar-refractivity contribution in [3.05, 3.63) is 101 Å². The standard InChI is InChI=1S/C27H22N2O6/c1-16-24(10-9-22(25(16)30)26(31)18-6-4-8-21(12-18)34-2)35-15-20-13-29-23(14-28-20)17-5-3-7-19(11-17)27(32)33/h3-14,30H,15H2,1-2H3,(H,32,33). The highest BCUT2D eigenvalue weighted by molar-refractivity contribution is 6.11. The summed E-state index contributed by atoms with van der Waals surface area (Å²) in [5, 5.41) is 19.8. The fraction of sp³-hybridized carbons (Fsp3) is 0.111. The molecule has 3 aromatic carbocycles. The SMILES string of the molecule is COc1cccc(C(=O)c2ccc(OCc3cnc(-c4cccc(C(=O)O)c4)cn3)c(C)c2O)c1. The number of carbonyl (C=O) groups excluding carboxylic acids is 1. The topological polar surface area (TPSA) is 119 Å². The number of methoxy groups -OCH3 is 1. The van der Waals surface area contributed by atoms with Crippen molar-refractivity contribution >= 4 is 11.8 Å². The molecule has 0 spiro atoms. The van der Waals surface area contributed by atoms with Gasteiger partial charge in [-0.05, 0) is 43.3 Å². The van der Waals surface area contributed by atoms with Crippen molar-refractivity contribution in [2.75, 3.05) is 7.11 Å². The molecule has 0 radical (unpaired) electrons. The monoisotopic (exact) mass is 470 g/mol. The maximum Gasteiger partial charge on any atom is 0.335 e. The molecule has 176 valence electrons. The Morgan fingerprint density at radius 3 is 2.43 bits per heavy atom. The molecule has 0 saturated carbocycles. The lowest BCUT2D eigenvalue weighted by Crippen LogP contribution is -2.05. The molecule has 0 saturated heterocycles. The van der Waals surface area contributed by atoms with Gasteiger partial charge in [-0.25, -0.2) is 4.79 Å². The summed E-state index contributed by atoms with van der Waals surface area (Å²) < 4.78 is 11.0. The first kappa shape index (κ1) is 23.4. The van der Waals surface area contributed by atoms with Crippen molar-refractivity contribution < 1.29 is 29.3 Å². The van der Waals surface area contributed by atoms with Gasteiger partial charge in [0.25, 0.3) is 0 Å². The minimum absolute atomic E-state index is 0.0892. The van der Waals surface area contributed by atoms with Gasteiger partial charge in [-0.3, -0.25) is 14.8 Å². The number of phenols is 1. The van der Waals surface area contributed by atoms with E-state index in [0.29, 0.717) is 39.6 Å². The molecule has 0 amide bonds. The van der Waals surface area contributed by atoms with Crippen LogP contribution in [0.5, 0.6) is 17.2 Å². The lowest BCUT2D eigenvalue weighted by atomic mass is 9.99. The highest BCUT2D eigenvalue weighted by Gasteiger charge is 2.18. The van der Waals surface area contributed by atoms with Crippen molar-refractivity contribution in [2.24, 2.45) is 0 Å². The molecule has 2 N–H and O–H groups in total. The number of carbonyl (C=O) groups is 2. The van der Waals surface area contributed by atoms with Gasteiger partial charge >= 0.3 is 5.97 Å². The number of rotatable bonds is 8. The van der Waals surface area contributed by atoms with E-state index in [0.717, 1.165) is 0 Å². The van der Waals surface area contributed by atoms with Crippen molar-refractivity contribution in [3.63, 3.8) is 0 Å². The second-order valence-electron chi connectivity index (χ2n) is 7.71. The molecule has 0 unspecified atom stereocenters. The van der Waals surface area contributed by atoms with Crippen molar-refractivity contribution in [3.8, 4) is 28.5 Å². The van der Waals surface area contributed by atoms with Gasteiger partial charge in [0.1, 0.15) is 23.9 Å². The van der Waals surface area contributed by atoms with Gasteiger partial charge in [-0.15, -0.1) is 0 Å². The summed E-state index contributed by atoms with van der Waals surface area (Å²) in [5.74, 6) is -0.544. The van der Waals surface area contributed by atoms with Crippen LogP contribution < -0.4 is 9.47 Å². The molecule has 0 aliphatic heterocycles. The van der Waals surface area contributed by atoms with E-state index < -0.39 is 5.97 Å². The molecule has 35 heavy (non-hydrogen) atoms. The van der Waals surface area contributed by atoms with Gasteiger partial charge in [0, 0.05) is 16.7 Å². The molecular weight excluding hydrogens is 448 g/mol. The zero-order valence-electron chi connectivity index (χ0n) is 19.1. The fourth-order valence-corrected chi connectivity index (χ4v) is 3.48. The van der Waals surface area contributed by atoms with Crippen LogP contribution in [0.3, 0.4) is 0 Å². The molecular formula is C27H22N2O6. The number of aromatic carboxylic acids is 1. The first-order valence-electron chi connectivity index (χ1n) is 10.7. The molecule has 8 nitrogen and oxygen atoms in total. The summed E-state index contributed by atoms with van der Waals surface area (Å²) in [4.78, 5) is 32.7. The normalized spacial score (nSPS) is 10.6. The van der Waals surface area contributed by atoms with Crippen molar-refractivity contribution in [1.29, 1.82) is 0 Å². The van der Waals surface area contributed by atoms with E-state index in [1.165, 1.54) is 25.3 Å². The third kappa shape index (κ3) is 5.11. The van der Waals surface area contributed by atoms with Gasteiger partial charge in [-0.1, -0.05) is 24.3 Å². The third-order valence-corrected chi connectivity index (χ3v) is 5.44. The largest absolute Gasteiger partial charge is 0.507 e. The Balaban J connectivity index is 1.47. The first-order valence-corrected chi connectivity index (χ1v) is 10.7. The lowest BCUT2D eigenvalue weighted by molar-refractivity contribution is 0.0696. The molecule has 1 aromatic heterocycles. The van der Waals surface area contributed by atoms with Crippen molar-refractivity contribution in [2.45, 2.75) is 13.5 Å². The van der Waals surface area contributed by atoms with Crippen LogP contribution in [0.4, 0.5) is 0 Å². The summed E-state index contributed by atoms with van der Waals surface area (Å²) in [5.41, 5.74) is 2.87. The van der Waals surface area contributed by atoms with E-state index in [-0.39, 0.29) is 29.3 Å². The van der Waals surface area contributed by atoms with Crippen LogP contribution in [0.15, 0.2) is 73.1 Å². The maximum atomic E-state index is 12.9. The van der Waals surface area contributed by atoms with E-state index in [2.05, 4.69) is 9.97 Å². The number of carboxylic acid groups (broad SMARTS) is 1. The van der Waals surface area contributed by atoms with E-state index in [4.69, 9.17) is 14.6 Å². The predicted molar refractivity (Wildman–Crippen MR) is 128 cm³/mol. The molecule has 8 heteroatoms. The molecule has 0 aliphatic rings. The number of nitrogens with zero attached hydrogens (tertiary/aromatic N) is 2. The average molecular weight is 470 g/mol. The molecule has 0 atom stereocenters. The number of ketones is 1. The number of hydrogen-bond donors (Lipinski definition) is 2. The smallest absolute Gasteiger partial charge is 0.335 e. The Labute approximate surface area is 201 Å². The Kier molecular flexibility index (Phi) is 6.73. The number of hydrogen-bond acceptors (Lipinski definition) is 7. The molecule has 1 heterocycles. The predicted octanol–water partition coefficient (Wildman–Crippen LogP) is 4.67. The maximum absolute atomic E-state index is 12.9. The molecule has 4 rings (SSSR count). The average Bonchev–Trinajstić information content (AvgIpc) is 2.89. The minimum atomic E-state index is -1.01. The molecule has 4 aromatic rings.